The summed E-state index contributed by atoms with van der Waals surface area (Å²) in [4.78, 5) is 42.6. The first-order chi connectivity index (χ1) is 26.7. The fourth-order valence-electron chi connectivity index (χ4n) is 7.72. The topological polar surface area (TPSA) is 88.7 Å². The molecule has 4 aromatic rings. The molecular weight excluding hydrogens is 694 g/mol. The third-order valence-electron chi connectivity index (χ3n) is 11.1. The Morgan fingerprint density at radius 1 is 0.873 bits per heavy atom. The van der Waals surface area contributed by atoms with Crippen LogP contribution >= 0.6 is 0 Å². The van der Waals surface area contributed by atoms with Crippen molar-refractivity contribution in [3.63, 3.8) is 0 Å². The van der Waals surface area contributed by atoms with E-state index in [1.165, 1.54) is 88.6 Å². The summed E-state index contributed by atoms with van der Waals surface area (Å²) in [6, 6.07) is 16.3. The number of nitrogens with zero attached hydrogens (tertiary/aromatic N) is 7. The van der Waals surface area contributed by atoms with Crippen LogP contribution in [0.25, 0.3) is 11.0 Å². The Bertz CT molecular complexity index is 1820. The van der Waals surface area contributed by atoms with Gasteiger partial charge >= 0.3 is 6.09 Å². The van der Waals surface area contributed by atoms with Crippen molar-refractivity contribution in [3.05, 3.63) is 82.5 Å². The fourth-order valence-corrected chi connectivity index (χ4v) is 7.72. The highest BCUT2D eigenvalue weighted by Crippen LogP contribution is 2.30. The lowest BCUT2D eigenvalue weighted by molar-refractivity contribution is 0.00364. The number of hydrogen-bond acceptors (Lipinski definition) is 7. The molecule has 5 rings (SSSR count). The molecule has 1 atom stereocenters. The second-order valence-electron chi connectivity index (χ2n) is 15.7. The van der Waals surface area contributed by atoms with Crippen molar-refractivity contribution in [1.82, 2.24) is 24.0 Å². The summed E-state index contributed by atoms with van der Waals surface area (Å²) >= 11 is 0. The van der Waals surface area contributed by atoms with Crippen molar-refractivity contribution >= 4 is 29.0 Å². The number of rotatable bonds is 21. The first-order valence-electron chi connectivity index (χ1n) is 20.8. The van der Waals surface area contributed by atoms with E-state index in [2.05, 4.69) is 32.3 Å². The summed E-state index contributed by atoms with van der Waals surface area (Å²) in [5, 5.41) is 0. The highest BCUT2D eigenvalue weighted by molar-refractivity contribution is 5.79. The molecule has 11 heteroatoms. The molecule has 1 fully saturated rings. The summed E-state index contributed by atoms with van der Waals surface area (Å²) in [5.41, 5.74) is 2.71. The predicted molar refractivity (Wildman–Crippen MR) is 221 cm³/mol. The van der Waals surface area contributed by atoms with Crippen LogP contribution < -0.4 is 15.4 Å². The van der Waals surface area contributed by atoms with Gasteiger partial charge in [0.15, 0.2) is 6.23 Å². The van der Waals surface area contributed by atoms with Crippen LogP contribution in [-0.2, 0) is 11.3 Å². The average molecular weight is 758 g/mol. The number of benzene rings is 2. The van der Waals surface area contributed by atoms with E-state index in [1.807, 2.05) is 51.2 Å². The van der Waals surface area contributed by atoms with Gasteiger partial charge in [0.2, 0.25) is 11.9 Å². The molecule has 0 N–H and O–H groups in total. The molecule has 300 valence electrons. The number of halogens is 1. The quantitative estimate of drug-likeness (QED) is 0.0783. The van der Waals surface area contributed by atoms with E-state index in [9.17, 15) is 14.0 Å². The van der Waals surface area contributed by atoms with Crippen molar-refractivity contribution in [3.8, 4) is 0 Å². The number of carbonyl (C=O) groups is 1. The number of imidazole rings is 1. The molecule has 0 aliphatic carbocycles. The van der Waals surface area contributed by atoms with Crippen LogP contribution in [0.4, 0.5) is 21.1 Å². The van der Waals surface area contributed by atoms with Crippen LogP contribution in [0.1, 0.15) is 122 Å². The van der Waals surface area contributed by atoms with Crippen molar-refractivity contribution in [2.45, 2.75) is 129 Å². The number of fused-ring (bicyclic) bond motifs is 1. The van der Waals surface area contributed by atoms with E-state index in [0.717, 1.165) is 61.3 Å². The molecule has 3 heterocycles. The molecule has 1 aliphatic rings. The molecule has 2 aromatic heterocycles. The van der Waals surface area contributed by atoms with Gasteiger partial charge in [-0.2, -0.15) is 0 Å². The van der Waals surface area contributed by atoms with Crippen LogP contribution in [0.15, 0.2) is 65.6 Å². The van der Waals surface area contributed by atoms with Gasteiger partial charge in [-0.3, -0.25) is 4.79 Å². The van der Waals surface area contributed by atoms with Crippen LogP contribution in [0.3, 0.4) is 0 Å². The number of unbranched alkanes of at least 4 members (excludes halogenated alkanes) is 11. The number of aromatic nitrogens is 4. The summed E-state index contributed by atoms with van der Waals surface area (Å²) in [6.45, 7) is 8.89. The van der Waals surface area contributed by atoms with Gasteiger partial charge < -0.3 is 24.0 Å². The number of para-hydroxylation sites is 2. The van der Waals surface area contributed by atoms with Gasteiger partial charge in [-0.15, -0.1) is 0 Å². The number of amides is 1. The molecule has 1 aliphatic heterocycles. The SMILES string of the molecule is CCCCCCCCCCCCCCN(C)C(=O)OC(C(C)C)n1c(N(C)C2CCN(c3nc4ccccc4n3Cc3ccc(F)cc3)CC2)nccc1=O. The normalized spacial score (nSPS) is 14.1. The summed E-state index contributed by atoms with van der Waals surface area (Å²) in [5.74, 6) is 0.971. The molecule has 1 saturated heterocycles. The van der Waals surface area contributed by atoms with Crippen LogP contribution in [0.5, 0.6) is 0 Å². The highest BCUT2D eigenvalue weighted by Gasteiger charge is 2.31. The molecule has 0 saturated carbocycles. The minimum absolute atomic E-state index is 0.101. The van der Waals surface area contributed by atoms with Crippen molar-refractivity contribution in [1.29, 1.82) is 0 Å². The summed E-state index contributed by atoms with van der Waals surface area (Å²) < 4.78 is 23.5. The molecule has 2 aromatic carbocycles. The summed E-state index contributed by atoms with van der Waals surface area (Å²) in [7, 11) is 3.75. The van der Waals surface area contributed by atoms with Gasteiger partial charge in [0.1, 0.15) is 5.82 Å². The van der Waals surface area contributed by atoms with E-state index in [4.69, 9.17) is 9.72 Å². The van der Waals surface area contributed by atoms with E-state index in [0.29, 0.717) is 19.0 Å². The van der Waals surface area contributed by atoms with Gasteiger partial charge in [-0.05, 0) is 49.1 Å². The monoisotopic (exact) mass is 758 g/mol. The number of ether oxygens (including phenoxy) is 1. The Balaban J connectivity index is 1.16. The first-order valence-corrected chi connectivity index (χ1v) is 20.8. The van der Waals surface area contributed by atoms with Gasteiger partial charge in [-0.25, -0.2) is 23.7 Å². The Labute approximate surface area is 327 Å². The zero-order valence-corrected chi connectivity index (χ0v) is 34.0. The van der Waals surface area contributed by atoms with E-state index in [1.54, 1.807) is 16.5 Å². The van der Waals surface area contributed by atoms with Crippen LogP contribution in [0, 0.1) is 11.7 Å². The molecule has 0 spiro atoms. The maximum atomic E-state index is 13.7. The van der Waals surface area contributed by atoms with E-state index >= 15 is 0 Å². The maximum Gasteiger partial charge on any atom is 0.411 e. The predicted octanol–water partition coefficient (Wildman–Crippen LogP) is 9.81. The standard InChI is InChI=1S/C44H64FN7O3/c1-6-7-8-9-10-11-12-13-14-15-16-19-30-48(4)44(54)55-41(34(2)3)52-40(53)26-29-46-42(52)49(5)37-27-31-50(32-28-37)43-47-38-20-17-18-21-39(38)51(43)33-35-22-24-36(45)25-23-35/h17-18,20-26,29,34,37,41H,6-16,19,27-28,30-33H2,1-5H3. The number of piperidine rings is 1. The summed E-state index contributed by atoms with van der Waals surface area (Å²) in [6.07, 6.45) is 17.1. The molecule has 1 unspecified atom stereocenters. The smallest absolute Gasteiger partial charge is 0.411 e. The fraction of sp³-hybridized carbons (Fsp3) is 0.591. The molecule has 1 amide bonds. The lowest BCUT2D eigenvalue weighted by Gasteiger charge is -2.39. The van der Waals surface area contributed by atoms with Crippen molar-refractivity contribution in [2.75, 3.05) is 43.5 Å². The Morgan fingerprint density at radius 3 is 2.13 bits per heavy atom. The molecule has 55 heavy (non-hydrogen) atoms. The zero-order valence-electron chi connectivity index (χ0n) is 34.0. The third kappa shape index (κ3) is 11.6. The van der Waals surface area contributed by atoms with Gasteiger partial charge in [0.25, 0.3) is 5.56 Å². The number of carbonyl (C=O) groups excluding carboxylic acids is 1. The lowest BCUT2D eigenvalue weighted by atomic mass is 10.0. The second kappa shape index (κ2) is 21.0. The molecule has 0 bridgehead atoms. The highest BCUT2D eigenvalue weighted by atomic mass is 19.1. The van der Waals surface area contributed by atoms with E-state index < -0.39 is 12.3 Å². The van der Waals surface area contributed by atoms with Gasteiger partial charge in [-0.1, -0.05) is 116 Å². The van der Waals surface area contributed by atoms with Crippen LogP contribution in [-0.4, -0.2) is 69.9 Å². The molecule has 0 radical (unpaired) electrons. The van der Waals surface area contributed by atoms with E-state index in [-0.39, 0.29) is 23.3 Å². The average Bonchev–Trinajstić information content (AvgIpc) is 3.55. The Hall–Kier alpha value is -4.41. The van der Waals surface area contributed by atoms with Gasteiger partial charge in [0, 0.05) is 58.0 Å². The third-order valence-corrected chi connectivity index (χ3v) is 11.1. The van der Waals surface area contributed by atoms with Crippen molar-refractivity contribution in [2.24, 2.45) is 5.92 Å². The van der Waals surface area contributed by atoms with Crippen LogP contribution in [0.2, 0.25) is 0 Å². The molecular formula is C44H64FN7O3. The minimum Gasteiger partial charge on any atom is -0.424 e. The second-order valence-corrected chi connectivity index (χ2v) is 15.7. The minimum atomic E-state index is -0.804. The number of anilines is 2. The Morgan fingerprint density at radius 2 is 1.49 bits per heavy atom. The zero-order chi connectivity index (χ0) is 39.2. The van der Waals surface area contributed by atoms with Crippen molar-refractivity contribution < 1.29 is 13.9 Å². The number of hydrogen-bond donors (Lipinski definition) is 0. The first kappa shape index (κ1) is 41.7. The largest absolute Gasteiger partial charge is 0.424 e. The molecule has 10 nitrogen and oxygen atoms in total. The lowest BCUT2D eigenvalue weighted by Crippen LogP contribution is -2.47. The maximum absolute atomic E-state index is 13.7. The Kier molecular flexibility index (Phi) is 16.0. The van der Waals surface area contributed by atoms with Gasteiger partial charge in [0.05, 0.1) is 17.6 Å².